The molecule has 8 heteroatoms. The fraction of sp³-hybridized carbons (Fsp3) is 0.458. The quantitative estimate of drug-likeness (QED) is 0.411. The number of thioether (sulfide) groups is 1. The maximum atomic E-state index is 13.8. The Hall–Kier alpha value is -2.16. The number of fused-ring (bicyclic) bond motifs is 1. The summed E-state index contributed by atoms with van der Waals surface area (Å²) in [4.78, 5) is 35.3. The minimum atomic E-state index is -0.0557. The number of carbonyl (C=O) groups is 1. The van der Waals surface area contributed by atoms with Gasteiger partial charge in [0.2, 0.25) is 5.91 Å². The van der Waals surface area contributed by atoms with Gasteiger partial charge in [0.05, 0.1) is 29.5 Å². The summed E-state index contributed by atoms with van der Waals surface area (Å²) < 4.78 is 7.26. The van der Waals surface area contributed by atoms with E-state index in [1.54, 1.807) is 15.9 Å². The maximum Gasteiger partial charge on any atom is 0.267 e. The molecule has 0 spiro atoms. The molecule has 3 aromatic rings. The highest BCUT2D eigenvalue weighted by atomic mass is 32.2. The van der Waals surface area contributed by atoms with Crippen molar-refractivity contribution in [1.29, 1.82) is 0 Å². The standard InChI is InChI=1S/C24H29N3O3S2/c1-6-18-17(5)32-22-21(18)23(29)27(19-11-14(2)7-8-15(19)3)24(25-22)31-13-20(28)26-9-10-30-16(4)12-26/h7-8,11,16H,6,9-10,12-13H2,1-5H3/t16-/m1/s1. The third-order valence-corrected chi connectivity index (χ3v) is 7.84. The van der Waals surface area contributed by atoms with Gasteiger partial charge < -0.3 is 9.64 Å². The summed E-state index contributed by atoms with van der Waals surface area (Å²) in [5, 5.41) is 1.27. The van der Waals surface area contributed by atoms with E-state index < -0.39 is 0 Å². The lowest BCUT2D eigenvalue weighted by molar-refractivity contribution is -0.135. The molecular formula is C24H29N3O3S2. The molecule has 2 aromatic heterocycles. The molecule has 1 amide bonds. The molecule has 1 aliphatic heterocycles. The van der Waals surface area contributed by atoms with Gasteiger partial charge in [0, 0.05) is 18.0 Å². The molecular weight excluding hydrogens is 442 g/mol. The van der Waals surface area contributed by atoms with Crippen molar-refractivity contribution < 1.29 is 9.53 Å². The molecule has 1 atom stereocenters. The summed E-state index contributed by atoms with van der Waals surface area (Å²) in [6.07, 6.45) is 0.831. The van der Waals surface area contributed by atoms with Crippen LogP contribution in [0.5, 0.6) is 0 Å². The summed E-state index contributed by atoms with van der Waals surface area (Å²) in [5.74, 6) is 0.282. The Labute approximate surface area is 196 Å². The van der Waals surface area contributed by atoms with Crippen LogP contribution in [-0.4, -0.2) is 51.9 Å². The lowest BCUT2D eigenvalue weighted by Gasteiger charge is -2.31. The minimum absolute atomic E-state index is 0.0434. The van der Waals surface area contributed by atoms with Gasteiger partial charge in [0.25, 0.3) is 5.56 Å². The second-order valence-electron chi connectivity index (χ2n) is 8.31. The topological polar surface area (TPSA) is 64.4 Å². The number of rotatable bonds is 5. The van der Waals surface area contributed by atoms with Gasteiger partial charge in [0.15, 0.2) is 5.16 Å². The number of carbonyl (C=O) groups excluding carboxylic acids is 1. The van der Waals surface area contributed by atoms with Gasteiger partial charge in [-0.1, -0.05) is 30.8 Å². The van der Waals surface area contributed by atoms with E-state index >= 15 is 0 Å². The van der Waals surface area contributed by atoms with Crippen LogP contribution in [0.1, 0.15) is 35.4 Å². The largest absolute Gasteiger partial charge is 0.375 e. The van der Waals surface area contributed by atoms with Gasteiger partial charge >= 0.3 is 0 Å². The van der Waals surface area contributed by atoms with Gasteiger partial charge in [-0.25, -0.2) is 4.98 Å². The third kappa shape index (κ3) is 4.36. The van der Waals surface area contributed by atoms with Crippen molar-refractivity contribution in [3.8, 4) is 5.69 Å². The van der Waals surface area contributed by atoms with E-state index in [2.05, 4.69) is 6.92 Å². The predicted octanol–water partition coefficient (Wildman–Crippen LogP) is 4.27. The number of hydrogen-bond acceptors (Lipinski definition) is 6. The highest BCUT2D eigenvalue weighted by molar-refractivity contribution is 7.99. The zero-order chi connectivity index (χ0) is 23.0. The number of thiophene rings is 1. The van der Waals surface area contributed by atoms with Gasteiger partial charge in [-0.15, -0.1) is 11.3 Å². The Kier molecular flexibility index (Phi) is 6.74. The molecule has 4 rings (SSSR count). The average molecular weight is 472 g/mol. The second kappa shape index (κ2) is 9.37. The first-order valence-electron chi connectivity index (χ1n) is 10.9. The summed E-state index contributed by atoms with van der Waals surface area (Å²) in [6, 6.07) is 6.08. The van der Waals surface area contributed by atoms with Crippen LogP contribution in [0.4, 0.5) is 0 Å². The normalized spacial score (nSPS) is 16.7. The molecule has 1 aliphatic rings. The molecule has 0 radical (unpaired) electrons. The van der Waals surface area contributed by atoms with Crippen LogP contribution in [0.2, 0.25) is 0 Å². The van der Waals surface area contributed by atoms with Crippen LogP contribution in [0.25, 0.3) is 15.9 Å². The average Bonchev–Trinajstić information content (AvgIpc) is 3.09. The van der Waals surface area contributed by atoms with Crippen LogP contribution < -0.4 is 5.56 Å². The van der Waals surface area contributed by atoms with Crippen molar-refractivity contribution in [3.63, 3.8) is 0 Å². The SMILES string of the molecule is CCc1c(C)sc2nc(SCC(=O)N3CCO[C@H](C)C3)n(-c3cc(C)ccc3C)c(=O)c12. The predicted molar refractivity (Wildman–Crippen MR) is 132 cm³/mol. The minimum Gasteiger partial charge on any atom is -0.375 e. The van der Waals surface area contributed by atoms with Crippen molar-refractivity contribution in [1.82, 2.24) is 14.5 Å². The number of ether oxygens (including phenoxy) is 1. The third-order valence-electron chi connectivity index (χ3n) is 5.87. The highest BCUT2D eigenvalue weighted by Gasteiger charge is 2.24. The molecule has 1 saturated heterocycles. The van der Waals surface area contributed by atoms with E-state index in [9.17, 15) is 9.59 Å². The van der Waals surface area contributed by atoms with Crippen molar-refractivity contribution >= 4 is 39.2 Å². The molecule has 0 unspecified atom stereocenters. The van der Waals surface area contributed by atoms with Gasteiger partial charge in [-0.2, -0.15) is 0 Å². The Morgan fingerprint density at radius 3 is 2.81 bits per heavy atom. The highest BCUT2D eigenvalue weighted by Crippen LogP contribution is 2.31. The molecule has 32 heavy (non-hydrogen) atoms. The molecule has 0 bridgehead atoms. The molecule has 0 aliphatic carbocycles. The van der Waals surface area contributed by atoms with Crippen LogP contribution in [0.15, 0.2) is 28.2 Å². The fourth-order valence-corrected chi connectivity index (χ4v) is 6.22. The summed E-state index contributed by atoms with van der Waals surface area (Å²) in [5.41, 5.74) is 3.91. The Bertz CT molecular complexity index is 1230. The zero-order valence-electron chi connectivity index (χ0n) is 19.2. The monoisotopic (exact) mass is 471 g/mol. The van der Waals surface area contributed by atoms with Crippen molar-refractivity contribution in [2.45, 2.75) is 52.3 Å². The molecule has 0 N–H and O–H groups in total. The van der Waals surface area contributed by atoms with Crippen molar-refractivity contribution in [3.05, 3.63) is 50.1 Å². The fourth-order valence-electron chi connectivity index (χ4n) is 4.16. The van der Waals surface area contributed by atoms with Gasteiger partial charge in [-0.05, 0) is 56.9 Å². The Morgan fingerprint density at radius 1 is 1.31 bits per heavy atom. The van der Waals surface area contributed by atoms with E-state index in [0.29, 0.717) is 30.2 Å². The number of nitrogens with zero attached hydrogens (tertiary/aromatic N) is 3. The second-order valence-corrected chi connectivity index (χ2v) is 10.5. The van der Waals surface area contributed by atoms with E-state index in [1.165, 1.54) is 11.8 Å². The number of amides is 1. The summed E-state index contributed by atoms with van der Waals surface area (Å²) in [7, 11) is 0. The molecule has 6 nitrogen and oxygen atoms in total. The van der Waals surface area contributed by atoms with E-state index in [-0.39, 0.29) is 23.3 Å². The molecule has 1 fully saturated rings. The van der Waals surface area contributed by atoms with Crippen LogP contribution in [0.3, 0.4) is 0 Å². The van der Waals surface area contributed by atoms with Crippen LogP contribution >= 0.6 is 23.1 Å². The molecule has 1 aromatic carbocycles. The first kappa shape index (κ1) is 23.0. The van der Waals surface area contributed by atoms with Crippen molar-refractivity contribution in [2.24, 2.45) is 0 Å². The van der Waals surface area contributed by atoms with E-state index in [4.69, 9.17) is 9.72 Å². The lowest BCUT2D eigenvalue weighted by atomic mass is 10.1. The Balaban J connectivity index is 1.79. The zero-order valence-corrected chi connectivity index (χ0v) is 20.9. The lowest BCUT2D eigenvalue weighted by Crippen LogP contribution is -2.45. The van der Waals surface area contributed by atoms with Crippen LogP contribution in [0, 0.1) is 20.8 Å². The molecule has 3 heterocycles. The van der Waals surface area contributed by atoms with Gasteiger partial charge in [-0.3, -0.25) is 14.2 Å². The summed E-state index contributed by atoms with van der Waals surface area (Å²) >= 11 is 2.89. The number of morpholine rings is 1. The number of aromatic nitrogens is 2. The van der Waals surface area contributed by atoms with E-state index in [1.807, 2.05) is 50.8 Å². The first-order chi connectivity index (χ1) is 15.3. The maximum absolute atomic E-state index is 13.8. The number of aryl methyl sites for hydroxylation is 4. The van der Waals surface area contributed by atoms with Crippen LogP contribution in [-0.2, 0) is 16.0 Å². The van der Waals surface area contributed by atoms with Gasteiger partial charge in [0.1, 0.15) is 4.83 Å². The number of benzene rings is 1. The smallest absolute Gasteiger partial charge is 0.267 e. The summed E-state index contributed by atoms with van der Waals surface area (Å²) in [6.45, 7) is 11.9. The molecule has 170 valence electrons. The van der Waals surface area contributed by atoms with E-state index in [0.717, 1.165) is 38.5 Å². The molecule has 0 saturated carbocycles. The Morgan fingerprint density at radius 2 is 2.09 bits per heavy atom. The van der Waals surface area contributed by atoms with Crippen molar-refractivity contribution in [2.75, 3.05) is 25.4 Å². The number of hydrogen-bond donors (Lipinski definition) is 0. The first-order valence-corrected chi connectivity index (χ1v) is 12.7.